The Labute approximate surface area is 91.8 Å². The molecule has 88 valence electrons. The van der Waals surface area contributed by atoms with Crippen molar-refractivity contribution in [3.05, 3.63) is 0 Å². The largest absolute Gasteiger partial charge is 0.381 e. The molecular weight excluding hydrogens is 192 g/mol. The van der Waals surface area contributed by atoms with Gasteiger partial charge in [0.1, 0.15) is 0 Å². The summed E-state index contributed by atoms with van der Waals surface area (Å²) in [6.45, 7) is 7.08. The fourth-order valence-electron chi connectivity index (χ4n) is 1.56. The molecule has 15 heavy (non-hydrogen) atoms. The first-order valence-electron chi connectivity index (χ1n) is 5.80. The molecule has 0 aromatic heterocycles. The summed E-state index contributed by atoms with van der Waals surface area (Å²) >= 11 is 0. The van der Waals surface area contributed by atoms with E-state index < -0.39 is 0 Å². The summed E-state index contributed by atoms with van der Waals surface area (Å²) < 4.78 is 5.26. The maximum atomic E-state index is 11.4. The van der Waals surface area contributed by atoms with Crippen molar-refractivity contribution in [3.63, 3.8) is 0 Å². The molecule has 0 radical (unpaired) electrons. The molecule has 1 heterocycles. The van der Waals surface area contributed by atoms with E-state index in [1.165, 1.54) is 0 Å². The quantitative estimate of drug-likeness (QED) is 0.678. The van der Waals surface area contributed by atoms with Crippen molar-refractivity contribution in [1.82, 2.24) is 10.6 Å². The predicted molar refractivity (Wildman–Crippen MR) is 59.7 cm³/mol. The summed E-state index contributed by atoms with van der Waals surface area (Å²) in [5, 5.41) is 6.09. The van der Waals surface area contributed by atoms with E-state index in [4.69, 9.17) is 4.74 Å². The molecule has 4 heteroatoms. The van der Waals surface area contributed by atoms with Crippen molar-refractivity contribution in [1.29, 1.82) is 0 Å². The van der Waals surface area contributed by atoms with E-state index in [9.17, 15) is 4.79 Å². The minimum Gasteiger partial charge on any atom is -0.381 e. The fourth-order valence-corrected chi connectivity index (χ4v) is 1.56. The second kappa shape index (κ2) is 6.80. The van der Waals surface area contributed by atoms with Crippen molar-refractivity contribution in [2.75, 3.05) is 26.3 Å². The Morgan fingerprint density at radius 3 is 3.00 bits per heavy atom. The third kappa shape index (κ3) is 5.14. The lowest BCUT2D eigenvalue weighted by Gasteiger charge is -2.13. The highest BCUT2D eigenvalue weighted by molar-refractivity contribution is 5.78. The highest BCUT2D eigenvalue weighted by Crippen LogP contribution is 2.10. The van der Waals surface area contributed by atoms with E-state index in [0.29, 0.717) is 12.5 Å². The van der Waals surface area contributed by atoms with E-state index in [0.717, 1.165) is 32.6 Å². The first kappa shape index (κ1) is 12.5. The van der Waals surface area contributed by atoms with E-state index in [1.54, 1.807) is 0 Å². The monoisotopic (exact) mass is 214 g/mol. The molecule has 1 aliphatic heterocycles. The summed E-state index contributed by atoms with van der Waals surface area (Å²) in [5.41, 5.74) is 0. The molecule has 1 saturated heterocycles. The normalized spacial score (nSPS) is 22.7. The van der Waals surface area contributed by atoms with Crippen LogP contribution in [0.15, 0.2) is 0 Å². The Morgan fingerprint density at radius 1 is 1.60 bits per heavy atom. The lowest BCUT2D eigenvalue weighted by atomic mass is 10.1. The number of amides is 1. The fraction of sp³-hybridized carbons (Fsp3) is 0.909. The molecule has 0 bridgehead atoms. The molecule has 2 atom stereocenters. The molecule has 2 N–H and O–H groups in total. The Morgan fingerprint density at radius 2 is 2.40 bits per heavy atom. The van der Waals surface area contributed by atoms with Gasteiger partial charge in [-0.25, -0.2) is 0 Å². The Hall–Kier alpha value is -0.610. The van der Waals surface area contributed by atoms with E-state index in [1.807, 2.05) is 6.92 Å². The number of hydrogen-bond donors (Lipinski definition) is 2. The molecule has 0 aliphatic carbocycles. The molecule has 0 saturated carbocycles. The predicted octanol–water partition coefficient (Wildman–Crippen LogP) is 0.527. The van der Waals surface area contributed by atoms with Crippen molar-refractivity contribution in [2.24, 2.45) is 5.92 Å². The summed E-state index contributed by atoms with van der Waals surface area (Å²) in [6, 6.07) is 0.272. The van der Waals surface area contributed by atoms with Gasteiger partial charge >= 0.3 is 0 Å². The highest BCUT2D eigenvalue weighted by Gasteiger charge is 2.15. The Bertz CT molecular complexity index is 191. The maximum Gasteiger partial charge on any atom is 0.234 e. The molecule has 0 spiro atoms. The zero-order valence-electron chi connectivity index (χ0n) is 9.71. The Balaban J connectivity index is 2.01. The molecule has 0 aromatic carbocycles. The van der Waals surface area contributed by atoms with Gasteiger partial charge in [0.2, 0.25) is 5.91 Å². The standard InChI is InChI=1S/C11H22N2O2/c1-3-9(2)13-11(14)7-12-6-10-4-5-15-8-10/h9-10,12H,3-8H2,1-2H3,(H,13,14). The maximum absolute atomic E-state index is 11.4. The molecule has 0 aromatic rings. The van der Waals surface area contributed by atoms with Crippen LogP contribution in [0.1, 0.15) is 26.7 Å². The number of ether oxygens (including phenoxy) is 1. The highest BCUT2D eigenvalue weighted by atomic mass is 16.5. The van der Waals surface area contributed by atoms with Gasteiger partial charge < -0.3 is 15.4 Å². The number of nitrogens with one attached hydrogen (secondary N) is 2. The summed E-state index contributed by atoms with van der Waals surface area (Å²) in [4.78, 5) is 11.4. The smallest absolute Gasteiger partial charge is 0.234 e. The molecule has 4 nitrogen and oxygen atoms in total. The van der Waals surface area contributed by atoms with Gasteiger partial charge in [0, 0.05) is 19.2 Å². The number of carbonyl (C=O) groups is 1. The molecular formula is C11H22N2O2. The van der Waals surface area contributed by atoms with Crippen LogP contribution in [0, 0.1) is 5.92 Å². The second-order valence-electron chi connectivity index (χ2n) is 4.24. The van der Waals surface area contributed by atoms with Crippen LogP contribution in [-0.4, -0.2) is 38.3 Å². The molecule has 1 fully saturated rings. The topological polar surface area (TPSA) is 50.4 Å². The summed E-state index contributed by atoms with van der Waals surface area (Å²) in [5.74, 6) is 0.671. The van der Waals surface area contributed by atoms with Crippen LogP contribution in [0.4, 0.5) is 0 Å². The van der Waals surface area contributed by atoms with E-state index >= 15 is 0 Å². The van der Waals surface area contributed by atoms with Crippen molar-refractivity contribution in [2.45, 2.75) is 32.7 Å². The zero-order chi connectivity index (χ0) is 11.1. The minimum atomic E-state index is 0.0864. The van der Waals surface area contributed by atoms with E-state index in [-0.39, 0.29) is 11.9 Å². The lowest BCUT2D eigenvalue weighted by Crippen LogP contribution is -2.40. The number of carbonyl (C=O) groups excluding carboxylic acids is 1. The first-order valence-corrected chi connectivity index (χ1v) is 5.80. The van der Waals surface area contributed by atoms with E-state index in [2.05, 4.69) is 17.6 Å². The SMILES string of the molecule is CCC(C)NC(=O)CNCC1CCOC1. The van der Waals surface area contributed by atoms with Gasteiger partial charge in [-0.1, -0.05) is 6.92 Å². The van der Waals surface area contributed by atoms with Gasteiger partial charge in [0.05, 0.1) is 13.2 Å². The van der Waals surface area contributed by atoms with Crippen LogP contribution in [0.25, 0.3) is 0 Å². The third-order valence-corrected chi connectivity index (χ3v) is 2.76. The number of hydrogen-bond acceptors (Lipinski definition) is 3. The van der Waals surface area contributed by atoms with Crippen molar-refractivity contribution >= 4 is 5.91 Å². The first-order chi connectivity index (χ1) is 7.22. The van der Waals surface area contributed by atoms with Gasteiger partial charge in [0.15, 0.2) is 0 Å². The van der Waals surface area contributed by atoms with Gasteiger partial charge in [0.25, 0.3) is 0 Å². The van der Waals surface area contributed by atoms with Gasteiger partial charge in [-0.3, -0.25) is 4.79 Å². The second-order valence-corrected chi connectivity index (χ2v) is 4.24. The average molecular weight is 214 g/mol. The van der Waals surface area contributed by atoms with Crippen LogP contribution in [0.3, 0.4) is 0 Å². The molecule has 1 rings (SSSR count). The van der Waals surface area contributed by atoms with Crippen molar-refractivity contribution in [3.8, 4) is 0 Å². The van der Waals surface area contributed by atoms with Crippen LogP contribution in [0.5, 0.6) is 0 Å². The van der Waals surface area contributed by atoms with Gasteiger partial charge in [-0.2, -0.15) is 0 Å². The average Bonchev–Trinajstić information content (AvgIpc) is 2.70. The zero-order valence-corrected chi connectivity index (χ0v) is 9.71. The van der Waals surface area contributed by atoms with Crippen LogP contribution in [0.2, 0.25) is 0 Å². The van der Waals surface area contributed by atoms with Gasteiger partial charge in [-0.05, 0) is 25.7 Å². The molecule has 1 amide bonds. The lowest BCUT2D eigenvalue weighted by molar-refractivity contribution is -0.120. The molecule has 2 unspecified atom stereocenters. The van der Waals surface area contributed by atoms with Crippen molar-refractivity contribution < 1.29 is 9.53 Å². The van der Waals surface area contributed by atoms with Crippen LogP contribution < -0.4 is 10.6 Å². The summed E-state index contributed by atoms with van der Waals surface area (Å²) in [6.07, 6.45) is 2.09. The minimum absolute atomic E-state index is 0.0864. The van der Waals surface area contributed by atoms with Crippen LogP contribution >= 0.6 is 0 Å². The Kier molecular flexibility index (Phi) is 5.65. The summed E-state index contributed by atoms with van der Waals surface area (Å²) in [7, 11) is 0. The van der Waals surface area contributed by atoms with Crippen LogP contribution in [-0.2, 0) is 9.53 Å². The molecule has 1 aliphatic rings. The number of rotatable bonds is 6. The third-order valence-electron chi connectivity index (χ3n) is 2.76. The van der Waals surface area contributed by atoms with Gasteiger partial charge in [-0.15, -0.1) is 0 Å².